The maximum absolute atomic E-state index is 12.2. The summed E-state index contributed by atoms with van der Waals surface area (Å²) in [6, 6.07) is -0.664. The van der Waals surface area contributed by atoms with E-state index in [1.165, 1.54) is 18.2 Å². The molecule has 2 atom stereocenters. The summed E-state index contributed by atoms with van der Waals surface area (Å²) in [6.07, 6.45) is 3.61. The maximum atomic E-state index is 12.2. The van der Waals surface area contributed by atoms with Crippen LogP contribution in [-0.4, -0.2) is 80.5 Å². The Labute approximate surface area is 119 Å². The molecule has 0 bridgehead atoms. The highest BCUT2D eigenvalue weighted by Gasteiger charge is 2.28. The van der Waals surface area contributed by atoms with Gasteiger partial charge in [-0.05, 0) is 14.1 Å². The molecule has 0 saturated heterocycles. The predicted octanol–water partition coefficient (Wildman–Crippen LogP) is -0.617. The van der Waals surface area contributed by atoms with Crippen molar-refractivity contribution in [2.45, 2.75) is 25.4 Å². The zero-order valence-electron chi connectivity index (χ0n) is 12.5. The topological polar surface area (TPSA) is 77.4 Å². The van der Waals surface area contributed by atoms with Crippen molar-refractivity contribution in [2.24, 2.45) is 9.98 Å². The molecule has 0 aromatic heterocycles. The molecule has 1 N–H and O–H groups in total. The summed E-state index contributed by atoms with van der Waals surface area (Å²) in [7, 11) is 5.51. The highest BCUT2D eigenvalue weighted by Crippen LogP contribution is 2.10. The molecule has 20 heavy (non-hydrogen) atoms. The number of hydrogen-bond acceptors (Lipinski definition) is 5. The fourth-order valence-corrected chi connectivity index (χ4v) is 1.83. The Balaban J connectivity index is 2.60. The summed E-state index contributed by atoms with van der Waals surface area (Å²) in [5.74, 6) is -0.295. The van der Waals surface area contributed by atoms with Crippen LogP contribution in [0.1, 0.15) is 13.3 Å². The van der Waals surface area contributed by atoms with Crippen molar-refractivity contribution in [2.75, 3.05) is 34.2 Å². The van der Waals surface area contributed by atoms with E-state index in [1.807, 2.05) is 19.0 Å². The first-order valence-electron chi connectivity index (χ1n) is 6.62. The fourth-order valence-electron chi connectivity index (χ4n) is 1.83. The minimum absolute atomic E-state index is 0.138. The Kier molecular flexibility index (Phi) is 6.30. The number of nitrogens with zero attached hydrogens (tertiary/aromatic N) is 4. The number of nitrogens with one attached hydrogen (secondary N) is 1. The van der Waals surface area contributed by atoms with Gasteiger partial charge in [0.05, 0.1) is 6.04 Å². The summed E-state index contributed by atoms with van der Waals surface area (Å²) in [5.41, 5.74) is 0. The van der Waals surface area contributed by atoms with Gasteiger partial charge in [-0.2, -0.15) is 0 Å². The number of amides is 2. The van der Waals surface area contributed by atoms with Gasteiger partial charge in [-0.15, -0.1) is 0 Å². The molecule has 0 radical (unpaired) electrons. The summed E-state index contributed by atoms with van der Waals surface area (Å²) in [5, 5.41) is 2.85. The van der Waals surface area contributed by atoms with Crippen LogP contribution in [0.2, 0.25) is 0 Å². The lowest BCUT2D eigenvalue weighted by Gasteiger charge is -2.27. The van der Waals surface area contributed by atoms with Gasteiger partial charge in [-0.1, -0.05) is 0 Å². The Morgan fingerprint density at radius 1 is 1.35 bits per heavy atom. The number of aliphatic imine (C=N–C) groups is 2. The second-order valence-corrected chi connectivity index (χ2v) is 5.11. The molecule has 112 valence electrons. The summed E-state index contributed by atoms with van der Waals surface area (Å²) in [4.78, 5) is 35.2. The van der Waals surface area contributed by atoms with Crippen LogP contribution in [0.3, 0.4) is 0 Å². The van der Waals surface area contributed by atoms with Crippen molar-refractivity contribution in [1.29, 1.82) is 0 Å². The van der Waals surface area contributed by atoms with Crippen molar-refractivity contribution in [3.05, 3.63) is 0 Å². The third kappa shape index (κ3) is 5.08. The van der Waals surface area contributed by atoms with E-state index in [0.29, 0.717) is 13.0 Å². The van der Waals surface area contributed by atoms with Crippen LogP contribution in [0.4, 0.5) is 0 Å². The molecule has 0 aromatic rings. The van der Waals surface area contributed by atoms with Crippen molar-refractivity contribution in [3.63, 3.8) is 0 Å². The minimum atomic E-state index is -0.527. The van der Waals surface area contributed by atoms with Gasteiger partial charge in [0.15, 0.2) is 0 Å². The molecule has 0 aromatic carbocycles. The van der Waals surface area contributed by atoms with Crippen LogP contribution in [0.25, 0.3) is 0 Å². The Bertz CT molecular complexity index is 394. The van der Waals surface area contributed by atoms with Crippen molar-refractivity contribution in [1.82, 2.24) is 15.1 Å². The summed E-state index contributed by atoms with van der Waals surface area (Å²) < 4.78 is 0. The quantitative estimate of drug-likeness (QED) is 0.676. The van der Waals surface area contributed by atoms with E-state index in [2.05, 4.69) is 15.3 Å². The zero-order chi connectivity index (χ0) is 15.1. The number of likely N-dealkylation sites (N-methyl/N-ethyl adjacent to an activating group) is 2. The number of hydrogen-bond donors (Lipinski definition) is 1. The van der Waals surface area contributed by atoms with Crippen LogP contribution in [0.15, 0.2) is 9.98 Å². The average Bonchev–Trinajstić information content (AvgIpc) is 2.87. The first-order valence-corrected chi connectivity index (χ1v) is 6.62. The SMILES string of the molecule is CC(=O)N(C)C(CC1C=NC=N1)C(=O)NCCN(C)C. The number of rotatable bonds is 7. The molecule has 1 heterocycles. The van der Waals surface area contributed by atoms with Crippen LogP contribution in [0, 0.1) is 0 Å². The van der Waals surface area contributed by atoms with E-state index < -0.39 is 6.04 Å². The molecule has 1 aliphatic rings. The summed E-state index contributed by atoms with van der Waals surface area (Å²) in [6.45, 7) is 2.76. The lowest BCUT2D eigenvalue weighted by Crippen LogP contribution is -2.49. The molecule has 1 aliphatic heterocycles. The number of carbonyl (C=O) groups is 2. The lowest BCUT2D eigenvalue weighted by molar-refractivity contribution is -0.137. The Hall–Kier alpha value is -1.76. The maximum Gasteiger partial charge on any atom is 0.242 e. The third-order valence-corrected chi connectivity index (χ3v) is 3.17. The molecule has 0 saturated carbocycles. The predicted molar refractivity (Wildman–Crippen MR) is 79.2 cm³/mol. The van der Waals surface area contributed by atoms with Gasteiger partial charge in [-0.3, -0.25) is 14.6 Å². The summed E-state index contributed by atoms with van der Waals surface area (Å²) >= 11 is 0. The van der Waals surface area contributed by atoms with E-state index in [9.17, 15) is 9.59 Å². The second-order valence-electron chi connectivity index (χ2n) is 5.11. The monoisotopic (exact) mass is 281 g/mol. The average molecular weight is 281 g/mol. The molecule has 1 rings (SSSR count). The first-order chi connectivity index (χ1) is 9.41. The molecule has 2 amide bonds. The van der Waals surface area contributed by atoms with Crippen molar-refractivity contribution >= 4 is 24.4 Å². The van der Waals surface area contributed by atoms with Gasteiger partial charge in [0.25, 0.3) is 0 Å². The lowest BCUT2D eigenvalue weighted by atomic mass is 10.1. The standard InChI is InChI=1S/C13H23N5O2/c1-10(19)18(4)12(7-11-8-14-9-16-11)13(20)15-5-6-17(2)3/h8-9,11-12H,5-7H2,1-4H3,(H,15,20). The van der Waals surface area contributed by atoms with Crippen molar-refractivity contribution in [3.8, 4) is 0 Å². The van der Waals surface area contributed by atoms with Gasteiger partial charge in [0, 0.05) is 39.7 Å². The first kappa shape index (κ1) is 16.3. The molecular formula is C13H23N5O2. The van der Waals surface area contributed by atoms with Gasteiger partial charge in [0.2, 0.25) is 11.8 Å². The molecular weight excluding hydrogens is 258 g/mol. The largest absolute Gasteiger partial charge is 0.353 e. The fraction of sp³-hybridized carbons (Fsp3) is 0.692. The molecule has 0 spiro atoms. The smallest absolute Gasteiger partial charge is 0.242 e. The molecule has 2 unspecified atom stereocenters. The van der Waals surface area contributed by atoms with Gasteiger partial charge in [-0.25, -0.2) is 4.99 Å². The van der Waals surface area contributed by atoms with E-state index in [0.717, 1.165) is 6.54 Å². The highest BCUT2D eigenvalue weighted by atomic mass is 16.2. The van der Waals surface area contributed by atoms with Crippen LogP contribution in [-0.2, 0) is 9.59 Å². The van der Waals surface area contributed by atoms with Crippen LogP contribution >= 0.6 is 0 Å². The third-order valence-electron chi connectivity index (χ3n) is 3.17. The van der Waals surface area contributed by atoms with E-state index in [-0.39, 0.29) is 17.9 Å². The molecule has 7 nitrogen and oxygen atoms in total. The Morgan fingerprint density at radius 2 is 2.05 bits per heavy atom. The highest BCUT2D eigenvalue weighted by molar-refractivity contribution is 5.88. The van der Waals surface area contributed by atoms with Gasteiger partial charge < -0.3 is 15.1 Å². The second kappa shape index (κ2) is 7.74. The molecule has 0 fully saturated rings. The van der Waals surface area contributed by atoms with Crippen LogP contribution < -0.4 is 5.32 Å². The molecule has 0 aliphatic carbocycles. The van der Waals surface area contributed by atoms with E-state index in [4.69, 9.17) is 0 Å². The van der Waals surface area contributed by atoms with E-state index >= 15 is 0 Å². The van der Waals surface area contributed by atoms with Crippen LogP contribution in [0.5, 0.6) is 0 Å². The molecule has 7 heteroatoms. The zero-order valence-corrected chi connectivity index (χ0v) is 12.5. The van der Waals surface area contributed by atoms with E-state index in [1.54, 1.807) is 13.3 Å². The van der Waals surface area contributed by atoms with Gasteiger partial charge in [0.1, 0.15) is 12.4 Å². The van der Waals surface area contributed by atoms with Gasteiger partial charge >= 0.3 is 0 Å². The normalized spacial score (nSPS) is 18.4. The minimum Gasteiger partial charge on any atom is -0.353 e. The van der Waals surface area contributed by atoms with Crippen molar-refractivity contribution < 1.29 is 9.59 Å². The Morgan fingerprint density at radius 3 is 2.55 bits per heavy atom. The number of carbonyl (C=O) groups excluding carboxylic acids is 2.